The second-order valence-electron chi connectivity index (χ2n) is 7.57. The Bertz CT molecular complexity index is 919. The van der Waals surface area contributed by atoms with E-state index in [9.17, 15) is 0 Å². The third kappa shape index (κ3) is 2.74. The van der Waals surface area contributed by atoms with Crippen LogP contribution in [0.5, 0.6) is 5.75 Å². The SMILES string of the molecule is [C-]#[N+]C1C(C2CCNCC2)=Nc2[nH]ncc2C1c1cccc2c1OCCC2. The van der Waals surface area contributed by atoms with Crippen LogP contribution in [0.15, 0.2) is 29.4 Å². The van der Waals surface area contributed by atoms with Crippen LogP contribution in [0.4, 0.5) is 5.82 Å². The van der Waals surface area contributed by atoms with Crippen molar-refractivity contribution in [3.8, 4) is 5.75 Å². The third-order valence-corrected chi connectivity index (χ3v) is 6.04. The van der Waals surface area contributed by atoms with Gasteiger partial charge in [0.2, 0.25) is 0 Å². The molecule has 2 aromatic rings. The fraction of sp³-hybridized carbons (Fsp3) is 0.476. The van der Waals surface area contributed by atoms with Crippen molar-refractivity contribution in [1.82, 2.24) is 15.5 Å². The summed E-state index contributed by atoms with van der Waals surface area (Å²) in [4.78, 5) is 8.98. The van der Waals surface area contributed by atoms with E-state index >= 15 is 0 Å². The molecule has 27 heavy (non-hydrogen) atoms. The normalized spacial score (nSPS) is 24.9. The zero-order valence-corrected chi connectivity index (χ0v) is 15.2. The fourth-order valence-electron chi connectivity index (χ4n) is 4.73. The Morgan fingerprint density at radius 1 is 1.19 bits per heavy atom. The lowest BCUT2D eigenvalue weighted by Crippen LogP contribution is -2.39. The van der Waals surface area contributed by atoms with Crippen molar-refractivity contribution in [3.05, 3.63) is 52.5 Å². The van der Waals surface area contributed by atoms with E-state index in [1.165, 1.54) is 5.56 Å². The van der Waals surface area contributed by atoms with Crippen LogP contribution in [-0.4, -0.2) is 41.6 Å². The molecule has 1 saturated heterocycles. The van der Waals surface area contributed by atoms with Crippen molar-refractivity contribution in [1.29, 1.82) is 0 Å². The van der Waals surface area contributed by atoms with Crippen LogP contribution in [-0.2, 0) is 6.42 Å². The summed E-state index contributed by atoms with van der Waals surface area (Å²) in [6, 6.07) is 6.07. The van der Waals surface area contributed by atoms with Gasteiger partial charge in [-0.05, 0) is 44.3 Å². The summed E-state index contributed by atoms with van der Waals surface area (Å²) in [5.74, 6) is 2.05. The smallest absolute Gasteiger partial charge is 0.272 e. The molecule has 5 rings (SSSR count). The molecule has 0 spiro atoms. The van der Waals surface area contributed by atoms with Crippen molar-refractivity contribution in [2.24, 2.45) is 10.9 Å². The number of nitrogens with one attached hydrogen (secondary N) is 2. The lowest BCUT2D eigenvalue weighted by atomic mass is 9.76. The highest BCUT2D eigenvalue weighted by atomic mass is 16.5. The quantitative estimate of drug-likeness (QED) is 0.807. The van der Waals surface area contributed by atoms with Crippen molar-refractivity contribution >= 4 is 11.5 Å². The number of rotatable bonds is 2. The molecule has 0 amide bonds. The van der Waals surface area contributed by atoms with E-state index in [1.807, 2.05) is 6.20 Å². The third-order valence-electron chi connectivity index (χ3n) is 6.04. The molecule has 0 saturated carbocycles. The molecule has 0 radical (unpaired) electrons. The second kappa shape index (κ2) is 6.82. The Morgan fingerprint density at radius 2 is 2.07 bits per heavy atom. The molecule has 2 N–H and O–H groups in total. The van der Waals surface area contributed by atoms with Gasteiger partial charge >= 0.3 is 0 Å². The molecule has 3 aliphatic heterocycles. The molecule has 3 aliphatic rings. The summed E-state index contributed by atoms with van der Waals surface area (Å²) in [5.41, 5.74) is 4.38. The molecule has 6 nitrogen and oxygen atoms in total. The summed E-state index contributed by atoms with van der Waals surface area (Å²) in [5, 5.41) is 10.7. The molecule has 4 heterocycles. The maximum Gasteiger partial charge on any atom is 0.272 e. The van der Waals surface area contributed by atoms with Gasteiger partial charge in [0.1, 0.15) is 11.5 Å². The Balaban J connectivity index is 1.64. The maximum atomic E-state index is 8.02. The highest BCUT2D eigenvalue weighted by Crippen LogP contribution is 2.46. The van der Waals surface area contributed by atoms with Crippen LogP contribution in [0.2, 0.25) is 0 Å². The molecular formula is C21H23N5O. The summed E-state index contributed by atoms with van der Waals surface area (Å²) in [7, 11) is 0. The fourth-order valence-corrected chi connectivity index (χ4v) is 4.73. The van der Waals surface area contributed by atoms with E-state index < -0.39 is 0 Å². The average Bonchev–Trinajstić information content (AvgIpc) is 3.21. The van der Waals surface area contributed by atoms with Crippen LogP contribution in [0, 0.1) is 12.5 Å². The van der Waals surface area contributed by atoms with Crippen molar-refractivity contribution in [3.63, 3.8) is 0 Å². The van der Waals surface area contributed by atoms with Gasteiger partial charge in [0, 0.05) is 17.0 Å². The number of hydrogen-bond acceptors (Lipinski definition) is 4. The molecule has 1 aromatic heterocycles. The van der Waals surface area contributed by atoms with Gasteiger partial charge in [0.05, 0.1) is 18.7 Å². The van der Waals surface area contributed by atoms with Gasteiger partial charge in [-0.3, -0.25) is 5.10 Å². The summed E-state index contributed by atoms with van der Waals surface area (Å²) in [6.45, 7) is 10.7. The number of fused-ring (bicyclic) bond motifs is 2. The molecule has 138 valence electrons. The first-order valence-corrected chi connectivity index (χ1v) is 9.80. The number of aromatic amines is 1. The number of aryl methyl sites for hydroxylation is 1. The number of hydrogen-bond donors (Lipinski definition) is 2. The highest BCUT2D eigenvalue weighted by Gasteiger charge is 2.44. The zero-order chi connectivity index (χ0) is 18.2. The molecule has 2 unspecified atom stereocenters. The second-order valence-corrected chi connectivity index (χ2v) is 7.57. The Morgan fingerprint density at radius 3 is 2.93 bits per heavy atom. The Labute approximate surface area is 158 Å². The number of benzene rings is 1. The topological polar surface area (TPSA) is 66.7 Å². The predicted octanol–water partition coefficient (Wildman–Crippen LogP) is 3.24. The average molecular weight is 361 g/mol. The largest absolute Gasteiger partial charge is 0.493 e. The number of H-pyrrole nitrogens is 1. The first-order valence-electron chi connectivity index (χ1n) is 9.80. The van der Waals surface area contributed by atoms with E-state index in [1.54, 1.807) is 0 Å². The predicted molar refractivity (Wildman–Crippen MR) is 104 cm³/mol. The monoisotopic (exact) mass is 361 g/mol. The van der Waals surface area contributed by atoms with Gasteiger partial charge in [-0.25, -0.2) is 11.6 Å². The summed E-state index contributed by atoms with van der Waals surface area (Å²) < 4.78 is 6.09. The first kappa shape index (κ1) is 16.5. The van der Waals surface area contributed by atoms with Crippen LogP contribution >= 0.6 is 0 Å². The molecular weight excluding hydrogens is 338 g/mol. The molecule has 6 heteroatoms. The van der Waals surface area contributed by atoms with E-state index in [2.05, 4.69) is 38.6 Å². The number of ether oxygens (including phenoxy) is 1. The highest BCUT2D eigenvalue weighted by molar-refractivity contribution is 5.98. The summed E-state index contributed by atoms with van der Waals surface area (Å²) >= 11 is 0. The van der Waals surface area contributed by atoms with E-state index in [0.717, 1.165) is 73.8 Å². The standard InChI is InChI=1S/C21H23N5O/c1-22-19-17(15-6-2-4-14-5-3-11-27-20(14)15)16-12-24-26-21(16)25-18(19)13-7-9-23-10-8-13/h2,4,6,12-13,17,19,23H,3,5,7-11H2,(H,24,26). The number of nitrogens with zero attached hydrogens (tertiary/aromatic N) is 3. The first-order chi connectivity index (χ1) is 13.4. The van der Waals surface area contributed by atoms with Gasteiger partial charge in [0.25, 0.3) is 6.04 Å². The maximum absolute atomic E-state index is 8.02. The van der Waals surface area contributed by atoms with Crippen molar-refractivity contribution in [2.45, 2.75) is 37.6 Å². The summed E-state index contributed by atoms with van der Waals surface area (Å²) in [6.07, 6.45) is 5.98. The minimum atomic E-state index is -0.296. The molecule has 0 bridgehead atoms. The van der Waals surface area contributed by atoms with Crippen LogP contribution in [0.3, 0.4) is 0 Å². The van der Waals surface area contributed by atoms with Crippen molar-refractivity contribution < 1.29 is 4.74 Å². The van der Waals surface area contributed by atoms with Gasteiger partial charge in [-0.15, -0.1) is 0 Å². The van der Waals surface area contributed by atoms with Gasteiger partial charge in [-0.1, -0.05) is 18.2 Å². The van der Waals surface area contributed by atoms with E-state index in [-0.39, 0.29) is 12.0 Å². The number of piperidine rings is 1. The molecule has 1 aromatic carbocycles. The number of para-hydroxylation sites is 1. The van der Waals surface area contributed by atoms with Crippen molar-refractivity contribution in [2.75, 3.05) is 19.7 Å². The van der Waals surface area contributed by atoms with Crippen LogP contribution in [0.1, 0.15) is 41.9 Å². The van der Waals surface area contributed by atoms with Gasteiger partial charge < -0.3 is 14.9 Å². The van der Waals surface area contributed by atoms with E-state index in [0.29, 0.717) is 5.92 Å². The van der Waals surface area contributed by atoms with Crippen LogP contribution < -0.4 is 10.1 Å². The lowest BCUT2D eigenvalue weighted by Gasteiger charge is -2.32. The van der Waals surface area contributed by atoms with E-state index in [4.69, 9.17) is 16.3 Å². The Kier molecular flexibility index (Phi) is 4.17. The minimum Gasteiger partial charge on any atom is -0.493 e. The molecule has 0 aliphatic carbocycles. The molecule has 1 fully saturated rings. The Hall–Kier alpha value is -2.65. The van der Waals surface area contributed by atoms with Crippen LogP contribution in [0.25, 0.3) is 4.85 Å². The number of aliphatic imine (C=N–C) groups is 1. The van der Waals surface area contributed by atoms with Gasteiger partial charge in [0.15, 0.2) is 5.82 Å². The lowest BCUT2D eigenvalue weighted by molar-refractivity contribution is 0.284. The minimum absolute atomic E-state index is 0.0771. The molecule has 2 atom stereocenters. The zero-order valence-electron chi connectivity index (χ0n) is 15.2. The van der Waals surface area contributed by atoms with Gasteiger partial charge in [-0.2, -0.15) is 5.10 Å². The number of aromatic nitrogens is 2.